The number of amides is 1. The van der Waals surface area contributed by atoms with Crippen molar-refractivity contribution in [3.63, 3.8) is 0 Å². The second kappa shape index (κ2) is 5.62. The predicted octanol–water partition coefficient (Wildman–Crippen LogP) is 1.39. The molecule has 3 N–H and O–H groups in total. The Balaban J connectivity index is 1.98. The van der Waals surface area contributed by atoms with Crippen LogP contribution in [0.15, 0.2) is 0 Å². The van der Waals surface area contributed by atoms with E-state index in [1.807, 2.05) is 0 Å². The number of hydrogen-bond donors (Lipinski definition) is 2. The Morgan fingerprint density at radius 1 is 1.53 bits per heavy atom. The van der Waals surface area contributed by atoms with Crippen molar-refractivity contribution in [2.45, 2.75) is 44.8 Å². The first-order chi connectivity index (χ1) is 8.96. The Hall–Kier alpha value is -0.260. The van der Waals surface area contributed by atoms with Gasteiger partial charge in [0, 0.05) is 24.5 Å². The lowest BCUT2D eigenvalue weighted by atomic mass is 9.46. The monoisotopic (exact) mass is 286 g/mol. The molecule has 0 bridgehead atoms. The van der Waals surface area contributed by atoms with Crippen LogP contribution in [0.3, 0.4) is 0 Å². The second-order valence-electron chi connectivity index (χ2n) is 6.23. The van der Waals surface area contributed by atoms with Gasteiger partial charge in [-0.25, -0.2) is 0 Å². The van der Waals surface area contributed by atoms with Gasteiger partial charge in [-0.3, -0.25) is 4.79 Å². The first-order valence-electron chi connectivity index (χ1n) is 7.14. The highest BCUT2D eigenvalue weighted by atomic mass is 32.2. The Morgan fingerprint density at radius 2 is 2.26 bits per heavy atom. The van der Waals surface area contributed by atoms with E-state index in [9.17, 15) is 4.79 Å². The molecule has 1 aliphatic carbocycles. The van der Waals surface area contributed by atoms with Crippen molar-refractivity contribution in [2.24, 2.45) is 17.1 Å². The highest BCUT2D eigenvalue weighted by molar-refractivity contribution is 7.98. The molecule has 2 fully saturated rings. The number of fused-ring (bicyclic) bond motifs is 1. The summed E-state index contributed by atoms with van der Waals surface area (Å²) < 4.78 is 5.82. The van der Waals surface area contributed by atoms with Crippen LogP contribution in [0, 0.1) is 11.3 Å². The van der Waals surface area contributed by atoms with Crippen LogP contribution >= 0.6 is 11.8 Å². The zero-order valence-electron chi connectivity index (χ0n) is 12.2. The summed E-state index contributed by atoms with van der Waals surface area (Å²) >= 11 is 1.80. The summed E-state index contributed by atoms with van der Waals surface area (Å²) in [7, 11) is 0. The van der Waals surface area contributed by atoms with Gasteiger partial charge >= 0.3 is 0 Å². The molecule has 110 valence electrons. The molecule has 1 amide bonds. The average molecular weight is 286 g/mol. The SMILES string of the molecule is CSCCCNC(=O)C1(N)C2CCCOC2C1(C)C. The number of ether oxygens (including phenoxy) is 1. The highest BCUT2D eigenvalue weighted by Crippen LogP contribution is 2.57. The molecular weight excluding hydrogens is 260 g/mol. The Kier molecular flexibility index (Phi) is 4.48. The number of carbonyl (C=O) groups excluding carboxylic acids is 1. The van der Waals surface area contributed by atoms with E-state index in [2.05, 4.69) is 25.4 Å². The van der Waals surface area contributed by atoms with Crippen molar-refractivity contribution in [1.29, 1.82) is 0 Å². The minimum absolute atomic E-state index is 0.00496. The summed E-state index contributed by atoms with van der Waals surface area (Å²) in [6.07, 6.45) is 5.22. The molecule has 0 radical (unpaired) electrons. The molecule has 1 saturated heterocycles. The molecule has 0 aromatic carbocycles. The van der Waals surface area contributed by atoms with Crippen molar-refractivity contribution < 1.29 is 9.53 Å². The number of rotatable bonds is 5. The molecule has 0 aromatic rings. The molecule has 1 heterocycles. The quantitative estimate of drug-likeness (QED) is 0.750. The summed E-state index contributed by atoms with van der Waals surface area (Å²) in [4.78, 5) is 12.5. The number of nitrogens with one attached hydrogen (secondary N) is 1. The third-order valence-corrected chi connectivity index (χ3v) is 5.57. The molecule has 1 saturated carbocycles. The summed E-state index contributed by atoms with van der Waals surface area (Å²) in [5.74, 6) is 1.25. The highest BCUT2D eigenvalue weighted by Gasteiger charge is 2.70. The van der Waals surface area contributed by atoms with Crippen LogP contribution in [0.2, 0.25) is 0 Å². The number of carbonyl (C=O) groups is 1. The zero-order valence-corrected chi connectivity index (χ0v) is 13.0. The van der Waals surface area contributed by atoms with Crippen molar-refractivity contribution in [3.8, 4) is 0 Å². The third kappa shape index (κ3) is 2.30. The lowest BCUT2D eigenvalue weighted by molar-refractivity contribution is -0.225. The van der Waals surface area contributed by atoms with Crippen LogP contribution in [0.4, 0.5) is 0 Å². The van der Waals surface area contributed by atoms with Gasteiger partial charge in [-0.2, -0.15) is 11.8 Å². The van der Waals surface area contributed by atoms with Crippen molar-refractivity contribution in [1.82, 2.24) is 5.32 Å². The van der Waals surface area contributed by atoms with Gasteiger partial charge in [-0.1, -0.05) is 13.8 Å². The molecule has 5 heteroatoms. The van der Waals surface area contributed by atoms with E-state index in [4.69, 9.17) is 10.5 Å². The van der Waals surface area contributed by atoms with E-state index in [1.54, 1.807) is 11.8 Å². The van der Waals surface area contributed by atoms with E-state index in [0.717, 1.165) is 31.6 Å². The van der Waals surface area contributed by atoms with E-state index in [-0.39, 0.29) is 23.3 Å². The van der Waals surface area contributed by atoms with Gasteiger partial charge in [0.1, 0.15) is 5.54 Å². The van der Waals surface area contributed by atoms with Gasteiger partial charge in [0.2, 0.25) is 5.91 Å². The van der Waals surface area contributed by atoms with Gasteiger partial charge in [0.15, 0.2) is 0 Å². The Labute approximate surface area is 120 Å². The van der Waals surface area contributed by atoms with Gasteiger partial charge in [-0.15, -0.1) is 0 Å². The van der Waals surface area contributed by atoms with Crippen LogP contribution in [0.5, 0.6) is 0 Å². The van der Waals surface area contributed by atoms with E-state index in [0.29, 0.717) is 6.54 Å². The fourth-order valence-electron chi connectivity index (χ4n) is 3.60. The van der Waals surface area contributed by atoms with E-state index < -0.39 is 5.54 Å². The number of thioether (sulfide) groups is 1. The topological polar surface area (TPSA) is 64.4 Å². The van der Waals surface area contributed by atoms with Crippen molar-refractivity contribution in [2.75, 3.05) is 25.2 Å². The fraction of sp³-hybridized carbons (Fsp3) is 0.929. The minimum Gasteiger partial charge on any atom is -0.377 e. The maximum atomic E-state index is 12.5. The third-order valence-electron chi connectivity index (χ3n) is 4.87. The fourth-order valence-corrected chi connectivity index (χ4v) is 4.03. The molecule has 4 nitrogen and oxygen atoms in total. The smallest absolute Gasteiger partial charge is 0.241 e. The molecule has 1 aliphatic heterocycles. The maximum absolute atomic E-state index is 12.5. The van der Waals surface area contributed by atoms with Crippen LogP contribution in [-0.2, 0) is 9.53 Å². The van der Waals surface area contributed by atoms with Gasteiger partial charge in [0.05, 0.1) is 6.10 Å². The van der Waals surface area contributed by atoms with E-state index in [1.165, 1.54) is 0 Å². The van der Waals surface area contributed by atoms with Crippen LogP contribution in [-0.4, -0.2) is 42.7 Å². The predicted molar refractivity (Wildman–Crippen MR) is 79.2 cm³/mol. The van der Waals surface area contributed by atoms with Crippen LogP contribution in [0.1, 0.15) is 33.1 Å². The summed E-state index contributed by atoms with van der Waals surface area (Å²) in [5.41, 5.74) is 5.45. The zero-order chi connectivity index (χ0) is 14.1. The molecule has 2 rings (SSSR count). The summed E-state index contributed by atoms with van der Waals surface area (Å²) in [6, 6.07) is 0. The molecule has 0 aromatic heterocycles. The van der Waals surface area contributed by atoms with Crippen LogP contribution in [0.25, 0.3) is 0 Å². The Morgan fingerprint density at radius 3 is 2.95 bits per heavy atom. The summed E-state index contributed by atoms with van der Waals surface area (Å²) in [6.45, 7) is 5.63. The number of nitrogens with two attached hydrogens (primary N) is 1. The van der Waals surface area contributed by atoms with Gasteiger partial charge in [-0.05, 0) is 31.3 Å². The largest absolute Gasteiger partial charge is 0.377 e. The number of hydrogen-bond acceptors (Lipinski definition) is 4. The lowest BCUT2D eigenvalue weighted by Crippen LogP contribution is -2.82. The summed E-state index contributed by atoms with van der Waals surface area (Å²) in [5, 5.41) is 3.02. The maximum Gasteiger partial charge on any atom is 0.241 e. The molecule has 2 aliphatic rings. The van der Waals surface area contributed by atoms with Crippen LogP contribution < -0.4 is 11.1 Å². The van der Waals surface area contributed by atoms with Crippen molar-refractivity contribution in [3.05, 3.63) is 0 Å². The molecular formula is C14H26N2O2S. The molecule has 19 heavy (non-hydrogen) atoms. The minimum atomic E-state index is -0.766. The van der Waals surface area contributed by atoms with E-state index >= 15 is 0 Å². The lowest BCUT2D eigenvalue weighted by Gasteiger charge is -2.65. The van der Waals surface area contributed by atoms with Gasteiger partial charge in [0.25, 0.3) is 0 Å². The van der Waals surface area contributed by atoms with Gasteiger partial charge < -0.3 is 15.8 Å². The first kappa shape index (κ1) is 15.1. The standard InChI is InChI=1S/C14H26N2O2S/c1-13(2)11-10(6-4-8-18-11)14(13,15)12(17)16-7-5-9-19-3/h10-11H,4-9,15H2,1-3H3,(H,16,17). The van der Waals surface area contributed by atoms with Crippen molar-refractivity contribution >= 4 is 17.7 Å². The molecule has 3 unspecified atom stereocenters. The molecule has 3 atom stereocenters. The second-order valence-corrected chi connectivity index (χ2v) is 7.22. The normalized spacial score (nSPS) is 36.2. The molecule has 0 spiro atoms. The average Bonchev–Trinajstić information content (AvgIpc) is 2.42. The first-order valence-corrected chi connectivity index (χ1v) is 8.53. The Bertz CT molecular complexity index is 348.